The van der Waals surface area contributed by atoms with Gasteiger partial charge in [0.2, 0.25) is 5.76 Å². The number of esters is 1. The number of carbonyl (C=O) groups is 1. The molecule has 0 aromatic heterocycles. The van der Waals surface area contributed by atoms with Crippen LogP contribution in [0.4, 0.5) is 0 Å². The molecule has 0 bridgehead atoms. The smallest absolute Gasteiger partial charge is 0.373 e. The topological polar surface area (TPSA) is 159 Å². The summed E-state index contributed by atoms with van der Waals surface area (Å²) in [7, 11) is 4.70. The Balaban J connectivity index is 3.73. The highest BCUT2D eigenvalue weighted by atomic mass is 16.6. The summed E-state index contributed by atoms with van der Waals surface area (Å²) in [6, 6.07) is 0. The first kappa shape index (κ1) is 48.0. The second-order valence-corrected chi connectivity index (χ2v) is 14.5. The van der Waals surface area contributed by atoms with Crippen molar-refractivity contribution in [2.45, 2.75) is 112 Å². The van der Waals surface area contributed by atoms with Crippen molar-refractivity contribution in [1.82, 2.24) is 5.32 Å². The number of allylic oxidation sites excluding steroid dienone is 7. The third-order valence-electron chi connectivity index (χ3n) is 10.1. The van der Waals surface area contributed by atoms with Crippen LogP contribution in [0.25, 0.3) is 0 Å². The number of nitrogens with one attached hydrogen (secondary N) is 1. The quantitative estimate of drug-likeness (QED) is 0.0465. The lowest BCUT2D eigenvalue weighted by Gasteiger charge is -2.34. The second-order valence-electron chi connectivity index (χ2n) is 14.5. The van der Waals surface area contributed by atoms with Crippen LogP contribution < -0.4 is 5.32 Å². The molecule has 0 aromatic rings. The number of carbonyl (C=O) groups excluding carboxylic acids is 1. The molecule has 0 amide bonds. The first-order chi connectivity index (χ1) is 25.1. The van der Waals surface area contributed by atoms with E-state index >= 15 is 0 Å². The van der Waals surface area contributed by atoms with Gasteiger partial charge in [0.25, 0.3) is 0 Å². The van der Waals surface area contributed by atoms with Crippen molar-refractivity contribution in [1.29, 1.82) is 0 Å². The van der Waals surface area contributed by atoms with E-state index in [1.807, 2.05) is 79.8 Å². The zero-order valence-electron chi connectivity index (χ0n) is 34.2. The van der Waals surface area contributed by atoms with Crippen LogP contribution in [-0.4, -0.2) is 103 Å². The van der Waals surface area contributed by atoms with Gasteiger partial charge in [-0.3, -0.25) is 0 Å². The second kappa shape index (κ2) is 25.1. The van der Waals surface area contributed by atoms with E-state index in [-0.39, 0.29) is 29.4 Å². The highest BCUT2D eigenvalue weighted by molar-refractivity contribution is 5.96. The van der Waals surface area contributed by atoms with E-state index in [0.29, 0.717) is 37.3 Å². The molecule has 1 rings (SSSR count). The molecule has 0 saturated carbocycles. The van der Waals surface area contributed by atoms with Gasteiger partial charge < -0.3 is 44.8 Å². The zero-order valence-corrected chi connectivity index (χ0v) is 34.2. The number of likely N-dealkylation sites (N-methyl/N-ethyl adjacent to an activating group) is 1. The minimum atomic E-state index is -1.09. The van der Waals surface area contributed by atoms with Gasteiger partial charge in [-0.25, -0.2) is 4.79 Å². The minimum absolute atomic E-state index is 0.0617. The van der Waals surface area contributed by atoms with Crippen LogP contribution in [0.3, 0.4) is 0 Å². The number of hydrogen-bond donors (Lipinski definition) is 5. The SMILES string of the molecule is C/C=C/C(O)C(C)/C=C/C(=N\OCCNC)C(C)C(O)C(C)C1OC(=O)/C(OC)=C/C(C)=C/C(C)C(O)C(CC)C(O)C(C)C/C(C)=C/C=C/C1OC. The van der Waals surface area contributed by atoms with Crippen LogP contribution in [0.15, 0.2) is 76.7 Å². The van der Waals surface area contributed by atoms with Crippen LogP contribution in [0, 0.1) is 35.5 Å². The van der Waals surface area contributed by atoms with E-state index in [1.165, 1.54) is 14.2 Å². The van der Waals surface area contributed by atoms with Crippen LogP contribution in [0.5, 0.6) is 0 Å². The molecule has 0 radical (unpaired) electrons. The normalized spacial score (nSPS) is 32.5. The summed E-state index contributed by atoms with van der Waals surface area (Å²) < 4.78 is 17.5. The summed E-state index contributed by atoms with van der Waals surface area (Å²) in [6.07, 6.45) is 12.1. The molecule has 1 aliphatic heterocycles. The lowest BCUT2D eigenvalue weighted by atomic mass is 9.79. The van der Waals surface area contributed by atoms with Gasteiger partial charge in [-0.2, -0.15) is 0 Å². The molecule has 0 aromatic carbocycles. The van der Waals surface area contributed by atoms with E-state index in [1.54, 1.807) is 44.2 Å². The molecule has 0 saturated heterocycles. The Bertz CT molecular complexity index is 1300. The molecule has 0 fully saturated rings. The fourth-order valence-electron chi connectivity index (χ4n) is 6.56. The zero-order chi connectivity index (χ0) is 40.2. The summed E-state index contributed by atoms with van der Waals surface area (Å²) in [6.45, 7) is 17.8. The Morgan fingerprint density at radius 3 is 2.38 bits per heavy atom. The third-order valence-corrected chi connectivity index (χ3v) is 10.1. The van der Waals surface area contributed by atoms with Gasteiger partial charge in [0.1, 0.15) is 18.8 Å². The molecule has 11 nitrogen and oxygen atoms in total. The molecule has 1 aliphatic rings. The van der Waals surface area contributed by atoms with Crippen molar-refractivity contribution in [2.24, 2.45) is 40.7 Å². The summed E-state index contributed by atoms with van der Waals surface area (Å²) in [4.78, 5) is 19.3. The fraction of sp³-hybridized carbons (Fsp3) is 0.667. The van der Waals surface area contributed by atoms with Gasteiger partial charge in [-0.1, -0.05) is 100 Å². The summed E-state index contributed by atoms with van der Waals surface area (Å²) in [5.41, 5.74) is 2.13. The summed E-state index contributed by atoms with van der Waals surface area (Å²) in [5, 5.41) is 52.3. The predicted octanol–water partition coefficient (Wildman–Crippen LogP) is 5.67. The number of cyclic esters (lactones) is 1. The highest BCUT2D eigenvalue weighted by Gasteiger charge is 2.38. The molecule has 0 spiro atoms. The number of oxime groups is 1. The molecule has 12 unspecified atom stereocenters. The van der Waals surface area contributed by atoms with Gasteiger partial charge in [-0.05, 0) is 58.7 Å². The number of aliphatic hydroxyl groups is 4. The molecule has 5 N–H and O–H groups in total. The van der Waals surface area contributed by atoms with Crippen molar-refractivity contribution in [2.75, 3.05) is 34.4 Å². The average molecular weight is 747 g/mol. The van der Waals surface area contributed by atoms with Crippen LogP contribution in [-0.2, 0) is 23.8 Å². The van der Waals surface area contributed by atoms with Gasteiger partial charge in [0.15, 0.2) is 0 Å². The van der Waals surface area contributed by atoms with E-state index in [2.05, 4.69) is 10.5 Å². The first-order valence-corrected chi connectivity index (χ1v) is 19.0. The van der Waals surface area contributed by atoms with Gasteiger partial charge in [0, 0.05) is 43.2 Å². The predicted molar refractivity (Wildman–Crippen MR) is 212 cm³/mol. The Kier molecular flexibility index (Phi) is 22.7. The van der Waals surface area contributed by atoms with Crippen molar-refractivity contribution in [3.05, 3.63) is 71.6 Å². The van der Waals surface area contributed by atoms with E-state index in [9.17, 15) is 25.2 Å². The average Bonchev–Trinajstić information content (AvgIpc) is 3.13. The maximum absolute atomic E-state index is 13.8. The van der Waals surface area contributed by atoms with Crippen LogP contribution in [0.1, 0.15) is 75.2 Å². The fourth-order valence-corrected chi connectivity index (χ4v) is 6.56. The molecular weight excluding hydrogens is 676 g/mol. The number of hydrogen-bond acceptors (Lipinski definition) is 11. The first-order valence-electron chi connectivity index (χ1n) is 19.0. The summed E-state index contributed by atoms with van der Waals surface area (Å²) >= 11 is 0. The van der Waals surface area contributed by atoms with Crippen molar-refractivity contribution < 1.29 is 44.3 Å². The standard InChI is InChI=1S/C42H70N2O9/c1-13-16-35(45)28(5)19-20-34(44-52-22-21-43-10)31(8)40(48)32(9)41-36(50-11)18-15-17-26(3)23-29(6)38(46)33(14-2)39(47)30(7)24-27(4)25-37(51-12)42(49)53-41/h13,15-20,24-25,28-33,35-36,38-41,43,45-48H,14,21-23H2,1-12H3/b16-13+,18-15+,20-19+,26-17+,27-24+,37-25-,44-34+. The van der Waals surface area contributed by atoms with E-state index in [0.717, 1.165) is 5.57 Å². The number of nitrogens with zero attached hydrogens (tertiary/aromatic N) is 1. The molecule has 302 valence electrons. The molecule has 12 atom stereocenters. The Morgan fingerprint density at radius 2 is 1.79 bits per heavy atom. The van der Waals surface area contributed by atoms with Crippen LogP contribution >= 0.6 is 0 Å². The molecule has 11 heteroatoms. The Labute approximate surface area is 319 Å². The molecule has 53 heavy (non-hydrogen) atoms. The van der Waals surface area contributed by atoms with Crippen LogP contribution in [0.2, 0.25) is 0 Å². The van der Waals surface area contributed by atoms with Crippen molar-refractivity contribution in [3.8, 4) is 0 Å². The van der Waals surface area contributed by atoms with E-state index < -0.39 is 54.4 Å². The van der Waals surface area contributed by atoms with Gasteiger partial charge in [0.05, 0.1) is 37.2 Å². The maximum Gasteiger partial charge on any atom is 0.373 e. The highest BCUT2D eigenvalue weighted by Crippen LogP contribution is 2.30. The van der Waals surface area contributed by atoms with Gasteiger partial charge >= 0.3 is 5.97 Å². The largest absolute Gasteiger partial charge is 0.490 e. The molecular formula is C42H70N2O9. The number of rotatable bonds is 15. The molecule has 0 aliphatic carbocycles. The summed E-state index contributed by atoms with van der Waals surface area (Å²) in [5.74, 6) is -3.10. The monoisotopic (exact) mass is 747 g/mol. The number of aliphatic hydroxyl groups excluding tert-OH is 4. The van der Waals surface area contributed by atoms with Gasteiger partial charge in [-0.15, -0.1) is 0 Å². The van der Waals surface area contributed by atoms with Crippen molar-refractivity contribution >= 4 is 11.7 Å². The Morgan fingerprint density at radius 1 is 1.11 bits per heavy atom. The number of ether oxygens (including phenoxy) is 3. The third kappa shape index (κ3) is 15.7. The molecule has 1 heterocycles. The number of methoxy groups -OCH3 is 2. The lowest BCUT2D eigenvalue weighted by Crippen LogP contribution is -2.45. The van der Waals surface area contributed by atoms with Crippen molar-refractivity contribution in [3.63, 3.8) is 0 Å². The Hall–Kier alpha value is -3.06. The maximum atomic E-state index is 13.8. The lowest BCUT2D eigenvalue weighted by molar-refractivity contribution is -0.161. The minimum Gasteiger partial charge on any atom is -0.490 e. The van der Waals surface area contributed by atoms with E-state index in [4.69, 9.17) is 19.0 Å².